The lowest BCUT2D eigenvalue weighted by Gasteiger charge is -2.39. The quantitative estimate of drug-likeness (QED) is 0.0607. The van der Waals surface area contributed by atoms with Gasteiger partial charge in [-0.2, -0.15) is 0 Å². The largest absolute Gasteiger partial charge is 0.437 e. The summed E-state index contributed by atoms with van der Waals surface area (Å²) >= 11 is 0. The first kappa shape index (κ1) is 46.0. The van der Waals surface area contributed by atoms with Crippen molar-refractivity contribution in [2.75, 3.05) is 33.0 Å². The molecule has 0 bridgehead atoms. The predicted octanol–water partition coefficient (Wildman–Crippen LogP) is 8.80. The molecular weight excluding hydrogens is 669 g/mol. The summed E-state index contributed by atoms with van der Waals surface area (Å²) in [7, 11) is -11.6. The summed E-state index contributed by atoms with van der Waals surface area (Å²) in [6.07, 6.45) is 7.55. The molecule has 2 N–H and O–H groups in total. The molecule has 0 aromatic heterocycles. The first-order valence-electron chi connectivity index (χ1n) is 17.7. The Morgan fingerprint density at radius 2 is 0.822 bits per heavy atom. The maximum Gasteiger partial charge on any atom is 0.311 e. The molecular formula is C31H76O8Si6. The van der Waals surface area contributed by atoms with E-state index in [2.05, 4.69) is 92.4 Å². The van der Waals surface area contributed by atoms with Gasteiger partial charge in [-0.25, -0.2) is 0 Å². The highest BCUT2D eigenvalue weighted by Gasteiger charge is 2.40. The van der Waals surface area contributed by atoms with E-state index in [-0.39, 0.29) is 19.8 Å². The zero-order valence-corrected chi connectivity index (χ0v) is 38.2. The summed E-state index contributed by atoms with van der Waals surface area (Å²) in [5.41, 5.74) is -1.08. The van der Waals surface area contributed by atoms with Crippen LogP contribution in [0.2, 0.25) is 103 Å². The third-order valence-electron chi connectivity index (χ3n) is 7.94. The van der Waals surface area contributed by atoms with Crippen LogP contribution in [0.3, 0.4) is 0 Å². The molecule has 8 nitrogen and oxygen atoms in total. The van der Waals surface area contributed by atoms with Gasteiger partial charge in [-0.3, -0.25) is 0 Å². The number of hydrogen-bond acceptors (Lipinski definition) is 8. The van der Waals surface area contributed by atoms with Crippen molar-refractivity contribution in [2.45, 2.75) is 167 Å². The Hall–Kier alpha value is 0.981. The smallest absolute Gasteiger partial charge is 0.311 e. The molecule has 0 amide bonds. The first-order chi connectivity index (χ1) is 20.5. The van der Waals surface area contributed by atoms with Crippen molar-refractivity contribution in [2.24, 2.45) is 0 Å². The van der Waals surface area contributed by atoms with Gasteiger partial charge in [-0.1, -0.05) is 46.0 Å². The van der Waals surface area contributed by atoms with Crippen LogP contribution in [0.25, 0.3) is 0 Å². The molecule has 0 radical (unpaired) electrons. The Bertz CT molecular complexity index is 732. The average Bonchev–Trinajstić information content (AvgIpc) is 2.86. The van der Waals surface area contributed by atoms with E-state index in [1.54, 1.807) is 0 Å². The van der Waals surface area contributed by atoms with E-state index in [9.17, 15) is 10.2 Å². The summed E-state index contributed by atoms with van der Waals surface area (Å²) < 4.78 is 38.8. The van der Waals surface area contributed by atoms with E-state index >= 15 is 0 Å². The topological polar surface area (TPSA) is 95.8 Å². The summed E-state index contributed by atoms with van der Waals surface area (Å²) in [5, 5.41) is 20.2. The van der Waals surface area contributed by atoms with E-state index < -0.39 is 56.0 Å². The maximum atomic E-state index is 10.1. The van der Waals surface area contributed by atoms with Crippen molar-refractivity contribution in [3.63, 3.8) is 0 Å². The van der Waals surface area contributed by atoms with Crippen molar-refractivity contribution in [1.82, 2.24) is 0 Å². The number of ether oxygens (including phenoxy) is 2. The maximum absolute atomic E-state index is 10.1. The van der Waals surface area contributed by atoms with Crippen LogP contribution in [0.4, 0.5) is 0 Å². The molecule has 0 fully saturated rings. The highest BCUT2D eigenvalue weighted by atomic mass is 28.5. The van der Waals surface area contributed by atoms with Crippen LogP contribution in [-0.4, -0.2) is 99.2 Å². The normalized spacial score (nSPS) is 14.4. The van der Waals surface area contributed by atoms with Gasteiger partial charge in [0.15, 0.2) is 33.3 Å². The summed E-state index contributed by atoms with van der Waals surface area (Å²) in [6, 6.07) is 4.37. The van der Waals surface area contributed by atoms with Gasteiger partial charge in [0, 0.05) is 13.2 Å². The predicted molar refractivity (Wildman–Crippen MR) is 206 cm³/mol. The highest BCUT2D eigenvalue weighted by molar-refractivity contribution is 6.88. The van der Waals surface area contributed by atoms with Crippen LogP contribution in [0.5, 0.6) is 0 Å². The van der Waals surface area contributed by atoms with Crippen LogP contribution >= 0.6 is 0 Å². The van der Waals surface area contributed by atoms with E-state index in [0.29, 0.717) is 13.2 Å². The second kappa shape index (κ2) is 20.6. The average molecular weight is 745 g/mol. The van der Waals surface area contributed by atoms with Gasteiger partial charge < -0.3 is 36.1 Å². The summed E-state index contributed by atoms with van der Waals surface area (Å²) in [4.78, 5) is 0. The fourth-order valence-corrected chi connectivity index (χ4v) is 34.7. The van der Waals surface area contributed by atoms with Crippen molar-refractivity contribution >= 4 is 50.4 Å². The Morgan fingerprint density at radius 3 is 1.18 bits per heavy atom. The van der Waals surface area contributed by atoms with Crippen LogP contribution in [0, 0.1) is 0 Å². The minimum atomic E-state index is -2.21. The van der Waals surface area contributed by atoms with Crippen LogP contribution in [0.15, 0.2) is 0 Å². The highest BCUT2D eigenvalue weighted by Crippen LogP contribution is 2.28. The van der Waals surface area contributed by atoms with Gasteiger partial charge in [-0.05, 0) is 116 Å². The fraction of sp³-hybridized carbons (Fsp3) is 1.00. The van der Waals surface area contributed by atoms with E-state index in [1.807, 2.05) is 0 Å². The molecule has 0 spiro atoms. The lowest BCUT2D eigenvalue weighted by Crippen LogP contribution is -2.52. The minimum absolute atomic E-state index is 0.168. The zero-order chi connectivity index (χ0) is 35.1. The molecule has 0 heterocycles. The fourth-order valence-electron chi connectivity index (χ4n) is 6.19. The molecule has 0 aliphatic rings. The second-order valence-electron chi connectivity index (χ2n) is 16.4. The van der Waals surface area contributed by atoms with Crippen molar-refractivity contribution in [1.29, 1.82) is 0 Å². The molecule has 45 heavy (non-hydrogen) atoms. The Kier molecular flexibility index (Phi) is 21.1. The molecule has 0 aromatic rings. The first-order valence-corrected chi connectivity index (χ1v) is 35.8. The zero-order valence-electron chi connectivity index (χ0n) is 32.2. The lowest BCUT2D eigenvalue weighted by atomic mass is 10.1. The molecule has 0 aliphatic heterocycles. The number of unbranched alkanes of at least 4 members (excludes halogenated alkanes) is 3. The van der Waals surface area contributed by atoms with E-state index in [0.717, 1.165) is 31.4 Å². The molecule has 0 unspecified atom stereocenters. The molecule has 0 aliphatic carbocycles. The van der Waals surface area contributed by atoms with Gasteiger partial charge in [0.25, 0.3) is 0 Å². The van der Waals surface area contributed by atoms with Gasteiger partial charge in [0.05, 0.1) is 19.8 Å². The van der Waals surface area contributed by atoms with Gasteiger partial charge in [0.2, 0.25) is 0 Å². The summed E-state index contributed by atoms with van der Waals surface area (Å²) in [5.74, 6) is 0. The Labute approximate surface area is 285 Å². The number of aliphatic hydroxyl groups excluding tert-OH is 2. The van der Waals surface area contributed by atoms with Crippen molar-refractivity contribution in [3.05, 3.63) is 0 Å². The minimum Gasteiger partial charge on any atom is -0.437 e. The molecule has 14 heteroatoms. The molecule has 0 saturated heterocycles. The SMILES string of the molecule is CCCC[Si](C)(C)O[Si](C)(C)O[Si](C)(C)CCCCOC(CO)(CO)COCCC[Si](C)(C)O[Si](C)(C)O[Si](C)(C)CCCC. The number of rotatable bonds is 28. The number of aliphatic hydroxyl groups is 2. The Balaban J connectivity index is 4.62. The van der Waals surface area contributed by atoms with Gasteiger partial charge in [0.1, 0.15) is 5.60 Å². The van der Waals surface area contributed by atoms with Crippen LogP contribution < -0.4 is 0 Å². The van der Waals surface area contributed by atoms with E-state index in [1.165, 1.54) is 37.8 Å². The van der Waals surface area contributed by atoms with Crippen LogP contribution in [-0.2, 0) is 25.9 Å². The lowest BCUT2D eigenvalue weighted by molar-refractivity contribution is -0.146. The second-order valence-corrected chi connectivity index (χ2v) is 41.4. The molecule has 272 valence electrons. The Morgan fingerprint density at radius 1 is 0.467 bits per heavy atom. The standard InChI is InChI=1S/C31H76O8Si6/c1-15-17-24-40(3,4)36-44(11,12)38-42(7,8)26-20-19-23-35-31(28-32,29-33)30-34-22-21-27-43(9,10)39-45(13,14)37-41(5,6)25-18-16-2/h32-33H,15-30H2,1-14H3. The molecule has 0 rings (SSSR count). The van der Waals surface area contributed by atoms with Crippen LogP contribution in [0.1, 0.15) is 58.8 Å². The van der Waals surface area contributed by atoms with Gasteiger partial charge in [-0.15, -0.1) is 0 Å². The van der Waals surface area contributed by atoms with E-state index in [4.69, 9.17) is 25.9 Å². The summed E-state index contributed by atoms with van der Waals surface area (Å²) in [6.45, 7) is 32.2. The van der Waals surface area contributed by atoms with Crippen molar-refractivity contribution in [3.8, 4) is 0 Å². The molecule has 0 saturated carbocycles. The van der Waals surface area contributed by atoms with Gasteiger partial charge >= 0.3 is 17.1 Å². The molecule has 0 atom stereocenters. The monoisotopic (exact) mass is 744 g/mol. The third kappa shape index (κ3) is 22.3. The van der Waals surface area contributed by atoms with Crippen molar-refractivity contribution < 1.29 is 36.1 Å². The third-order valence-corrected chi connectivity index (χ3v) is 30.9. The molecule has 0 aromatic carbocycles. The number of hydrogen-bond donors (Lipinski definition) is 2.